The minimum atomic E-state index is -0.405. The molecule has 29 heavy (non-hydrogen) atoms. The quantitative estimate of drug-likeness (QED) is 0.672. The van der Waals surface area contributed by atoms with Gasteiger partial charge in [0.05, 0.1) is 17.8 Å². The van der Waals surface area contributed by atoms with Crippen molar-refractivity contribution in [1.29, 1.82) is 0 Å². The van der Waals surface area contributed by atoms with Gasteiger partial charge >= 0.3 is 0 Å². The van der Waals surface area contributed by atoms with E-state index in [4.69, 9.17) is 4.98 Å². The second kappa shape index (κ2) is 7.08. The molecule has 0 spiro atoms. The lowest BCUT2D eigenvalue weighted by Crippen LogP contribution is -2.29. The maximum Gasteiger partial charge on any atom is 0.173 e. The fourth-order valence-electron chi connectivity index (χ4n) is 4.03. The van der Waals surface area contributed by atoms with Gasteiger partial charge in [-0.25, -0.2) is 14.4 Å². The number of hydrogen-bond acceptors (Lipinski definition) is 5. The molecule has 3 aromatic heterocycles. The Morgan fingerprint density at radius 3 is 2.83 bits per heavy atom. The molecule has 1 fully saturated rings. The second-order valence-corrected chi connectivity index (χ2v) is 7.72. The molecule has 1 saturated heterocycles. The number of carbonyl (C=O) groups is 1. The van der Waals surface area contributed by atoms with Crippen molar-refractivity contribution >= 4 is 28.9 Å². The molecule has 0 atom stereocenters. The topological polar surface area (TPSA) is 53.7 Å². The zero-order valence-corrected chi connectivity index (χ0v) is 16.3. The fourth-order valence-corrected chi connectivity index (χ4v) is 4.03. The third-order valence-corrected chi connectivity index (χ3v) is 5.68. The van der Waals surface area contributed by atoms with Crippen molar-refractivity contribution in [1.82, 2.24) is 19.3 Å². The zero-order chi connectivity index (χ0) is 20.0. The van der Waals surface area contributed by atoms with E-state index in [1.54, 1.807) is 22.9 Å². The number of hydrogen-bond donors (Lipinski definition) is 0. The molecule has 0 amide bonds. The van der Waals surface area contributed by atoms with Crippen LogP contribution in [-0.2, 0) is 11.2 Å². The van der Waals surface area contributed by atoms with Crippen molar-refractivity contribution in [3.05, 3.63) is 59.4 Å². The number of pyridine rings is 2. The van der Waals surface area contributed by atoms with E-state index >= 15 is 0 Å². The summed E-state index contributed by atoms with van der Waals surface area (Å²) < 4.78 is 15.6. The molecule has 0 aromatic carbocycles. The summed E-state index contributed by atoms with van der Waals surface area (Å²) >= 11 is 0. The lowest BCUT2D eigenvalue weighted by atomic mass is 9.93. The third kappa shape index (κ3) is 3.31. The number of nitrogens with zero attached hydrogens (tertiary/aromatic N) is 5. The molecule has 0 saturated carbocycles. The van der Waals surface area contributed by atoms with Crippen LogP contribution in [0.3, 0.4) is 0 Å². The highest BCUT2D eigenvalue weighted by Crippen LogP contribution is 2.29. The summed E-state index contributed by atoms with van der Waals surface area (Å²) in [4.78, 5) is 26.6. The number of ketones is 1. The smallest absolute Gasteiger partial charge is 0.173 e. The van der Waals surface area contributed by atoms with Crippen molar-refractivity contribution in [3.8, 4) is 0 Å². The second-order valence-electron chi connectivity index (χ2n) is 7.72. The van der Waals surface area contributed by atoms with Gasteiger partial charge in [0.2, 0.25) is 0 Å². The fraction of sp³-hybridized carbons (Fsp3) is 0.318. The van der Waals surface area contributed by atoms with Crippen LogP contribution in [0.25, 0.3) is 17.3 Å². The van der Waals surface area contributed by atoms with Crippen molar-refractivity contribution < 1.29 is 9.18 Å². The Labute approximate surface area is 168 Å². The number of allylic oxidation sites excluding steroid dienone is 1. The molecule has 1 aliphatic heterocycles. The van der Waals surface area contributed by atoms with E-state index in [9.17, 15) is 9.18 Å². The van der Waals surface area contributed by atoms with E-state index in [1.165, 1.54) is 6.07 Å². The van der Waals surface area contributed by atoms with E-state index in [-0.39, 0.29) is 17.9 Å². The van der Waals surface area contributed by atoms with Gasteiger partial charge in [-0.05, 0) is 55.9 Å². The van der Waals surface area contributed by atoms with Crippen LogP contribution in [0.2, 0.25) is 0 Å². The van der Waals surface area contributed by atoms with Crippen molar-refractivity contribution in [3.63, 3.8) is 0 Å². The molecule has 4 heterocycles. The van der Waals surface area contributed by atoms with Crippen molar-refractivity contribution in [2.24, 2.45) is 0 Å². The molecule has 6 nitrogen and oxygen atoms in total. The van der Waals surface area contributed by atoms with Crippen molar-refractivity contribution in [2.75, 3.05) is 38.1 Å². The minimum absolute atomic E-state index is 0.0402. The number of anilines is 1. The van der Waals surface area contributed by atoms with Crippen molar-refractivity contribution in [2.45, 2.75) is 12.8 Å². The molecule has 0 N–H and O–H groups in total. The maximum absolute atomic E-state index is 14.0. The highest BCUT2D eigenvalue weighted by atomic mass is 19.1. The highest BCUT2D eigenvalue weighted by Gasteiger charge is 2.24. The largest absolute Gasteiger partial charge is 0.355 e. The number of halogens is 1. The average Bonchev–Trinajstić information content (AvgIpc) is 3.03. The number of likely N-dealkylation sites (N-methyl/N-ethyl adjacent to an activating group) is 1. The highest BCUT2D eigenvalue weighted by molar-refractivity contribution is 6.27. The molecule has 0 radical (unpaired) electrons. The SMILES string of the molecule is CN1CCCN(c2ccc3c(n2)CC(=O)C(c2cn4cccc(F)c4n2)=C3)CC1. The summed E-state index contributed by atoms with van der Waals surface area (Å²) in [7, 11) is 2.14. The normalized spacial score (nSPS) is 17.9. The Balaban J connectivity index is 1.48. The predicted molar refractivity (Wildman–Crippen MR) is 110 cm³/mol. The van der Waals surface area contributed by atoms with Crippen LogP contribution >= 0.6 is 0 Å². The van der Waals surface area contributed by atoms with E-state index in [0.717, 1.165) is 49.7 Å². The molecule has 0 unspecified atom stereocenters. The van der Waals surface area contributed by atoms with Crippen LogP contribution in [0.4, 0.5) is 10.2 Å². The standard InChI is InChI=1S/C22H22FN5O/c1-26-7-3-9-27(11-10-26)21-6-5-15-12-16(20(29)13-18(15)24-21)19-14-28-8-2-4-17(23)22(28)25-19/h2,4-6,8,12,14H,3,7,9-11,13H2,1H3. The van der Waals surface area contributed by atoms with Crippen LogP contribution in [0.5, 0.6) is 0 Å². The van der Waals surface area contributed by atoms with Gasteiger partial charge in [-0.1, -0.05) is 0 Å². The zero-order valence-electron chi connectivity index (χ0n) is 16.3. The predicted octanol–water partition coefficient (Wildman–Crippen LogP) is 2.68. The first-order valence-corrected chi connectivity index (χ1v) is 9.90. The summed E-state index contributed by atoms with van der Waals surface area (Å²) in [6.45, 7) is 4.00. The number of carbonyl (C=O) groups excluding carboxylic acids is 1. The van der Waals surface area contributed by atoms with Crippen LogP contribution < -0.4 is 4.90 Å². The van der Waals surface area contributed by atoms with E-state index < -0.39 is 5.82 Å². The molecule has 3 aromatic rings. The molecule has 1 aliphatic carbocycles. The lowest BCUT2D eigenvalue weighted by Gasteiger charge is -2.23. The summed E-state index contributed by atoms with van der Waals surface area (Å²) in [5.41, 5.74) is 2.94. The number of aromatic nitrogens is 3. The molecule has 148 valence electrons. The van der Waals surface area contributed by atoms with E-state index in [1.807, 2.05) is 18.2 Å². The van der Waals surface area contributed by atoms with E-state index in [0.29, 0.717) is 11.3 Å². The molecule has 7 heteroatoms. The number of Topliss-reactive ketones (excluding diaryl/α,β-unsaturated/α-hetero) is 1. The maximum atomic E-state index is 14.0. The first-order chi connectivity index (χ1) is 14.1. The van der Waals surface area contributed by atoms with E-state index in [2.05, 4.69) is 21.8 Å². The molecule has 5 rings (SSSR count). The Kier molecular flexibility index (Phi) is 4.39. The molecule has 2 aliphatic rings. The Morgan fingerprint density at radius 2 is 1.97 bits per heavy atom. The number of imidazole rings is 1. The number of rotatable bonds is 2. The molecular formula is C22H22FN5O. The molecular weight excluding hydrogens is 369 g/mol. The Bertz CT molecular complexity index is 1140. The van der Waals surface area contributed by atoms with Gasteiger partial charge in [-0.15, -0.1) is 0 Å². The summed E-state index contributed by atoms with van der Waals surface area (Å²) in [5.74, 6) is 0.484. The Morgan fingerprint density at radius 1 is 1.07 bits per heavy atom. The minimum Gasteiger partial charge on any atom is -0.355 e. The van der Waals surface area contributed by atoms with Gasteiger partial charge in [-0.3, -0.25) is 4.79 Å². The summed E-state index contributed by atoms with van der Waals surface area (Å²) in [5, 5.41) is 0. The van der Waals surface area contributed by atoms with Gasteiger partial charge < -0.3 is 14.2 Å². The third-order valence-electron chi connectivity index (χ3n) is 5.68. The Hall–Kier alpha value is -3.06. The van der Waals surface area contributed by atoms with Gasteiger partial charge in [0.25, 0.3) is 0 Å². The first-order valence-electron chi connectivity index (χ1n) is 9.90. The van der Waals surface area contributed by atoms with Crippen LogP contribution in [0.15, 0.2) is 36.7 Å². The average molecular weight is 391 g/mol. The number of fused-ring (bicyclic) bond motifs is 2. The summed E-state index contributed by atoms with van der Waals surface area (Å²) in [6.07, 6.45) is 6.58. The molecule has 0 bridgehead atoms. The van der Waals surface area contributed by atoms with Crippen LogP contribution in [0, 0.1) is 5.82 Å². The monoisotopic (exact) mass is 391 g/mol. The lowest BCUT2D eigenvalue weighted by molar-refractivity contribution is -0.113. The van der Waals surface area contributed by atoms with Gasteiger partial charge in [0.1, 0.15) is 5.82 Å². The van der Waals surface area contributed by atoms with Crippen LogP contribution in [0.1, 0.15) is 23.4 Å². The summed E-state index contributed by atoms with van der Waals surface area (Å²) in [6, 6.07) is 7.03. The van der Waals surface area contributed by atoms with Crippen LogP contribution in [-0.4, -0.2) is 58.3 Å². The van der Waals surface area contributed by atoms with Gasteiger partial charge in [-0.2, -0.15) is 0 Å². The van der Waals surface area contributed by atoms with Gasteiger partial charge in [0.15, 0.2) is 17.2 Å². The van der Waals surface area contributed by atoms with Gasteiger partial charge in [0, 0.05) is 37.6 Å². The first kappa shape index (κ1) is 18.0.